The highest BCUT2D eigenvalue weighted by Gasteiger charge is 2.40. The second-order valence-electron chi connectivity index (χ2n) is 9.41. The predicted octanol–water partition coefficient (Wildman–Crippen LogP) is 3.61. The third-order valence-electron chi connectivity index (χ3n) is 6.56. The van der Waals surface area contributed by atoms with Crippen molar-refractivity contribution in [2.45, 2.75) is 12.6 Å². The van der Waals surface area contributed by atoms with Crippen molar-refractivity contribution < 1.29 is 19.2 Å². The lowest BCUT2D eigenvalue weighted by atomic mass is 10.1. The summed E-state index contributed by atoms with van der Waals surface area (Å²) >= 11 is 1.05. The molecule has 0 saturated carbocycles. The van der Waals surface area contributed by atoms with Gasteiger partial charge >= 0.3 is 0 Å². The normalized spacial score (nSPS) is 13.1. The average molecular weight is 555 g/mol. The maximum Gasteiger partial charge on any atom is 0.262 e. The molecule has 4 aromatic rings. The van der Waals surface area contributed by atoms with E-state index in [1.807, 2.05) is 61.5 Å². The van der Waals surface area contributed by atoms with Gasteiger partial charge in [-0.1, -0.05) is 47.0 Å². The molecule has 40 heavy (non-hydrogen) atoms. The average Bonchev–Trinajstić information content (AvgIpc) is 3.57. The lowest BCUT2D eigenvalue weighted by molar-refractivity contribution is -0.140. The van der Waals surface area contributed by atoms with E-state index in [9.17, 15) is 19.2 Å². The van der Waals surface area contributed by atoms with Gasteiger partial charge in [-0.25, -0.2) is 0 Å². The van der Waals surface area contributed by atoms with Crippen molar-refractivity contribution in [3.63, 3.8) is 0 Å². The maximum absolute atomic E-state index is 13.9. The highest BCUT2D eigenvalue weighted by atomic mass is 32.1. The van der Waals surface area contributed by atoms with E-state index in [1.165, 1.54) is 4.90 Å². The molecule has 202 valence electrons. The lowest BCUT2D eigenvalue weighted by Crippen LogP contribution is -2.47. The zero-order chi connectivity index (χ0) is 28.2. The Morgan fingerprint density at radius 2 is 1.52 bits per heavy atom. The molecule has 1 aromatic heterocycles. The summed E-state index contributed by atoms with van der Waals surface area (Å²) in [6, 6.07) is 21.7. The van der Waals surface area contributed by atoms with Crippen LogP contribution in [0.3, 0.4) is 0 Å². The first-order valence-electron chi connectivity index (χ1n) is 12.5. The Morgan fingerprint density at radius 3 is 2.10 bits per heavy atom. The number of aromatic nitrogens is 2. The van der Waals surface area contributed by atoms with Crippen LogP contribution in [0.15, 0.2) is 84.2 Å². The first kappa shape index (κ1) is 26.7. The van der Waals surface area contributed by atoms with E-state index in [0.29, 0.717) is 5.69 Å². The van der Waals surface area contributed by atoms with Crippen molar-refractivity contribution in [3.05, 3.63) is 107 Å². The summed E-state index contributed by atoms with van der Waals surface area (Å²) in [6.07, 6.45) is 0. The van der Waals surface area contributed by atoms with Gasteiger partial charge < -0.3 is 15.1 Å². The molecule has 2 heterocycles. The SMILES string of the molecule is CN(C)c1ccc(NC(=O)[C@@H](c2csnn2)N(Cc2ccccc2)C(=O)CN2C(=O)c3ccccc3C2=O)cc1. The van der Waals surface area contributed by atoms with E-state index in [0.717, 1.165) is 27.7 Å². The van der Waals surface area contributed by atoms with Gasteiger partial charge in [0.05, 0.1) is 11.1 Å². The van der Waals surface area contributed by atoms with Gasteiger partial charge in [0, 0.05) is 37.4 Å². The predicted molar refractivity (Wildman–Crippen MR) is 151 cm³/mol. The number of anilines is 2. The molecule has 0 fully saturated rings. The fourth-order valence-corrected chi connectivity index (χ4v) is 4.97. The first-order valence-corrected chi connectivity index (χ1v) is 13.3. The van der Waals surface area contributed by atoms with E-state index >= 15 is 0 Å². The number of fused-ring (bicyclic) bond motifs is 1. The minimum Gasteiger partial charge on any atom is -0.378 e. The first-order chi connectivity index (χ1) is 19.3. The Hall–Kier alpha value is -4.90. The van der Waals surface area contributed by atoms with Crippen LogP contribution in [0.1, 0.15) is 38.0 Å². The molecule has 10 nitrogen and oxygen atoms in total. The van der Waals surface area contributed by atoms with Crippen molar-refractivity contribution in [1.82, 2.24) is 19.4 Å². The largest absolute Gasteiger partial charge is 0.378 e. The Labute approximate surface area is 235 Å². The molecule has 0 bridgehead atoms. The van der Waals surface area contributed by atoms with Gasteiger partial charge in [0.1, 0.15) is 12.2 Å². The topological polar surface area (TPSA) is 116 Å². The molecule has 0 spiro atoms. The Kier molecular flexibility index (Phi) is 7.65. The number of hydrogen-bond acceptors (Lipinski definition) is 8. The highest BCUT2D eigenvalue weighted by molar-refractivity contribution is 7.03. The molecule has 5 rings (SSSR count). The molecule has 3 aromatic carbocycles. The number of amides is 4. The highest BCUT2D eigenvalue weighted by Crippen LogP contribution is 2.28. The van der Waals surface area contributed by atoms with Crippen LogP contribution >= 0.6 is 11.5 Å². The molecule has 0 radical (unpaired) electrons. The van der Waals surface area contributed by atoms with Crippen LogP contribution in [-0.2, 0) is 16.1 Å². The monoisotopic (exact) mass is 554 g/mol. The van der Waals surface area contributed by atoms with E-state index in [-0.39, 0.29) is 23.4 Å². The zero-order valence-corrected chi connectivity index (χ0v) is 22.7. The molecule has 11 heteroatoms. The molecule has 0 aliphatic carbocycles. The number of benzene rings is 3. The number of rotatable bonds is 9. The van der Waals surface area contributed by atoms with Gasteiger partial charge in [0.25, 0.3) is 17.7 Å². The van der Waals surface area contributed by atoms with Gasteiger partial charge in [0.2, 0.25) is 5.91 Å². The Morgan fingerprint density at radius 1 is 0.900 bits per heavy atom. The second-order valence-corrected chi connectivity index (χ2v) is 10.0. The van der Waals surface area contributed by atoms with Gasteiger partial charge in [-0.15, -0.1) is 5.10 Å². The number of carbonyl (C=O) groups excluding carboxylic acids is 4. The van der Waals surface area contributed by atoms with Crippen molar-refractivity contribution in [1.29, 1.82) is 0 Å². The van der Waals surface area contributed by atoms with Crippen LogP contribution in [-0.4, -0.2) is 63.7 Å². The van der Waals surface area contributed by atoms with Gasteiger partial charge in [-0.3, -0.25) is 24.1 Å². The quantitative estimate of drug-likeness (QED) is 0.314. The number of imide groups is 1. The molecule has 0 unspecified atom stereocenters. The molecule has 1 N–H and O–H groups in total. The number of hydrogen-bond donors (Lipinski definition) is 1. The minimum atomic E-state index is -1.17. The smallest absolute Gasteiger partial charge is 0.262 e. The third-order valence-corrected chi connectivity index (χ3v) is 7.08. The molecule has 1 aliphatic rings. The standard InChI is InChI=1S/C29H26N6O4S/c1-33(2)21-14-12-20(13-15-21)30-27(37)26(24-18-40-32-31-24)34(16-19-8-4-3-5-9-19)25(36)17-35-28(38)22-10-6-7-11-23(22)29(35)39/h3-15,18,26H,16-17H2,1-2H3,(H,30,37)/t26-/m1/s1. The molecular formula is C29H26N6O4S. The summed E-state index contributed by atoms with van der Waals surface area (Å²) in [6.45, 7) is -0.490. The van der Waals surface area contributed by atoms with Crippen molar-refractivity contribution in [3.8, 4) is 0 Å². The van der Waals surface area contributed by atoms with E-state index in [2.05, 4.69) is 14.9 Å². The summed E-state index contributed by atoms with van der Waals surface area (Å²) in [5.41, 5.74) is 3.02. The number of nitrogens with one attached hydrogen (secondary N) is 1. The molecular weight excluding hydrogens is 528 g/mol. The second kappa shape index (κ2) is 11.5. The van der Waals surface area contributed by atoms with E-state index < -0.39 is 36.2 Å². The summed E-state index contributed by atoms with van der Waals surface area (Å²) in [5.74, 6) is -2.19. The van der Waals surface area contributed by atoms with E-state index in [4.69, 9.17) is 0 Å². The summed E-state index contributed by atoms with van der Waals surface area (Å²) in [7, 11) is 3.83. The molecule has 4 amide bonds. The van der Waals surface area contributed by atoms with Crippen LogP contribution < -0.4 is 10.2 Å². The molecule has 0 saturated heterocycles. The van der Waals surface area contributed by atoms with Crippen LogP contribution in [0.5, 0.6) is 0 Å². The molecule has 1 aliphatic heterocycles. The van der Waals surface area contributed by atoms with Crippen LogP contribution in [0, 0.1) is 0 Å². The summed E-state index contributed by atoms with van der Waals surface area (Å²) < 4.78 is 3.92. The van der Waals surface area contributed by atoms with Crippen LogP contribution in [0.25, 0.3) is 0 Å². The molecule has 1 atom stereocenters. The third kappa shape index (κ3) is 5.45. The van der Waals surface area contributed by atoms with E-state index in [1.54, 1.807) is 41.8 Å². The van der Waals surface area contributed by atoms with Crippen LogP contribution in [0.4, 0.5) is 11.4 Å². The van der Waals surface area contributed by atoms with Crippen molar-refractivity contribution in [2.24, 2.45) is 0 Å². The van der Waals surface area contributed by atoms with Gasteiger partial charge in [0.15, 0.2) is 6.04 Å². The minimum absolute atomic E-state index is 0.0397. The summed E-state index contributed by atoms with van der Waals surface area (Å²) in [4.78, 5) is 57.9. The Balaban J connectivity index is 1.47. The van der Waals surface area contributed by atoms with Crippen molar-refractivity contribution in [2.75, 3.05) is 30.9 Å². The zero-order valence-electron chi connectivity index (χ0n) is 21.9. The number of nitrogens with zero attached hydrogens (tertiary/aromatic N) is 5. The maximum atomic E-state index is 13.9. The number of carbonyl (C=O) groups is 4. The van der Waals surface area contributed by atoms with Gasteiger partial charge in [-0.2, -0.15) is 0 Å². The Bertz CT molecular complexity index is 1510. The summed E-state index contributed by atoms with van der Waals surface area (Å²) in [5, 5.41) is 8.60. The van der Waals surface area contributed by atoms with Crippen molar-refractivity contribution >= 4 is 46.5 Å². The lowest BCUT2D eigenvalue weighted by Gasteiger charge is -2.31. The fraction of sp³-hybridized carbons (Fsp3) is 0.172. The van der Waals surface area contributed by atoms with Gasteiger partial charge in [-0.05, 0) is 53.5 Å². The fourth-order valence-electron chi connectivity index (χ4n) is 4.49. The van der Waals surface area contributed by atoms with Crippen LogP contribution in [0.2, 0.25) is 0 Å².